The van der Waals surface area contributed by atoms with E-state index in [0.717, 1.165) is 44.7 Å². The van der Waals surface area contributed by atoms with Gasteiger partial charge in [0.25, 0.3) is 0 Å². The van der Waals surface area contributed by atoms with E-state index in [-0.39, 0.29) is 0 Å². The Kier molecular flexibility index (Phi) is 7.44. The lowest BCUT2D eigenvalue weighted by Gasteiger charge is -2.33. The second-order valence-corrected chi connectivity index (χ2v) is 15.2. The van der Waals surface area contributed by atoms with E-state index < -0.39 is 5.41 Å². The van der Waals surface area contributed by atoms with E-state index in [1.165, 1.54) is 73.0 Å². The van der Waals surface area contributed by atoms with Crippen LogP contribution in [0.2, 0.25) is 0 Å². The van der Waals surface area contributed by atoms with Crippen LogP contribution in [0.5, 0.6) is 0 Å². The molecule has 5 heteroatoms. The van der Waals surface area contributed by atoms with E-state index in [0.29, 0.717) is 0 Å². The number of hydrogen-bond acceptors (Lipinski definition) is 3. The van der Waals surface area contributed by atoms with E-state index in [1.54, 1.807) is 6.20 Å². The standard InChI is InChI=1S/C53H39N5/c1-4-47-43(31-54)40-29-30-56-32-49(40)58(47)37-27-23-35(24-28-37)34-21-25-36(26-22-34)57-33(2)50(42-16-8-12-20-48(42)57)51-52(55-3)41-15-7-11-19-46(41)53(51)44-17-9-5-13-38(44)39-14-6-10-18-45(39)53/h4-32,54-55H,1H2,2-3H3. The van der Waals surface area contributed by atoms with Gasteiger partial charge in [-0.2, -0.15) is 0 Å². The van der Waals surface area contributed by atoms with Crippen LogP contribution in [-0.2, 0) is 5.41 Å². The van der Waals surface area contributed by atoms with E-state index >= 15 is 0 Å². The first-order valence-electron chi connectivity index (χ1n) is 19.7. The minimum Gasteiger partial charge on any atom is -0.387 e. The SMILES string of the molecule is C=Cc1c(C=N)c2ccncc2n1-c1ccc(-c2ccc(-n3c(C)c(C4=C(NC)c5ccccc5C45c4ccccc4-c4ccccc45)c4ccccc43)cc2)cc1. The molecule has 0 radical (unpaired) electrons. The second-order valence-electron chi connectivity index (χ2n) is 15.2. The highest BCUT2D eigenvalue weighted by Crippen LogP contribution is 2.65. The molecule has 0 unspecified atom stereocenters. The fourth-order valence-corrected chi connectivity index (χ4v) is 10.3. The zero-order chi connectivity index (χ0) is 39.1. The molecule has 0 atom stereocenters. The normalized spacial score (nSPS) is 13.6. The fraction of sp³-hybridized carbons (Fsp3) is 0.0566. The molecule has 0 aliphatic heterocycles. The lowest BCUT2D eigenvalue weighted by molar-refractivity contribution is 0.840. The number of nitrogens with zero attached hydrogens (tertiary/aromatic N) is 3. The smallest absolute Gasteiger partial charge is 0.0747 e. The van der Waals surface area contributed by atoms with Crippen LogP contribution in [-0.4, -0.2) is 27.4 Å². The Labute approximate surface area is 337 Å². The summed E-state index contributed by atoms with van der Waals surface area (Å²) in [7, 11) is 2.07. The highest BCUT2D eigenvalue weighted by molar-refractivity contribution is 6.14. The summed E-state index contributed by atoms with van der Waals surface area (Å²) in [4.78, 5) is 4.39. The van der Waals surface area contributed by atoms with Gasteiger partial charge in [0.2, 0.25) is 0 Å². The zero-order valence-electron chi connectivity index (χ0n) is 32.3. The van der Waals surface area contributed by atoms with Crippen LogP contribution in [0.4, 0.5) is 0 Å². The molecule has 0 saturated heterocycles. The van der Waals surface area contributed by atoms with Gasteiger partial charge >= 0.3 is 0 Å². The highest BCUT2D eigenvalue weighted by atomic mass is 15.0. The van der Waals surface area contributed by atoms with Crippen LogP contribution in [0.3, 0.4) is 0 Å². The summed E-state index contributed by atoms with van der Waals surface area (Å²) in [5.74, 6) is 0. The van der Waals surface area contributed by atoms with E-state index in [1.807, 2.05) is 18.3 Å². The Hall–Kier alpha value is -7.50. The lowest BCUT2D eigenvalue weighted by Crippen LogP contribution is -2.27. The first-order chi connectivity index (χ1) is 28.6. The number of fused-ring (bicyclic) bond motifs is 9. The van der Waals surface area contributed by atoms with Crippen molar-refractivity contribution in [2.75, 3.05) is 7.05 Å². The Morgan fingerprint density at radius 3 is 1.78 bits per heavy atom. The number of para-hydroxylation sites is 1. The number of allylic oxidation sites excluding steroid dienone is 1. The van der Waals surface area contributed by atoms with Crippen molar-refractivity contribution in [3.05, 3.63) is 215 Å². The molecule has 276 valence electrons. The van der Waals surface area contributed by atoms with Gasteiger partial charge < -0.3 is 19.9 Å². The molecule has 3 heterocycles. The lowest BCUT2D eigenvalue weighted by atomic mass is 9.67. The summed E-state index contributed by atoms with van der Waals surface area (Å²) >= 11 is 0. The van der Waals surface area contributed by atoms with Gasteiger partial charge in [0.15, 0.2) is 0 Å². The molecular weight excluding hydrogens is 707 g/mol. The average Bonchev–Trinajstić information content (AvgIpc) is 3.97. The van der Waals surface area contributed by atoms with Crippen LogP contribution in [0.25, 0.3) is 72.8 Å². The maximum Gasteiger partial charge on any atom is 0.0747 e. The Balaban J connectivity index is 1.05. The molecule has 0 saturated carbocycles. The van der Waals surface area contributed by atoms with E-state index in [2.05, 4.69) is 186 Å². The van der Waals surface area contributed by atoms with Crippen molar-refractivity contribution >= 4 is 45.4 Å². The maximum atomic E-state index is 8.10. The van der Waals surface area contributed by atoms with Gasteiger partial charge in [-0.05, 0) is 88.3 Å². The summed E-state index contributed by atoms with van der Waals surface area (Å²) in [6.07, 6.45) is 6.84. The monoisotopic (exact) mass is 745 g/mol. The van der Waals surface area contributed by atoms with Gasteiger partial charge in [0, 0.05) is 75.3 Å². The van der Waals surface area contributed by atoms with Crippen molar-refractivity contribution in [3.8, 4) is 33.6 Å². The van der Waals surface area contributed by atoms with Crippen LogP contribution in [0.1, 0.15) is 44.8 Å². The van der Waals surface area contributed by atoms with Crippen molar-refractivity contribution in [3.63, 3.8) is 0 Å². The molecule has 5 nitrogen and oxygen atoms in total. The van der Waals surface area contributed by atoms with Crippen LogP contribution in [0, 0.1) is 12.3 Å². The van der Waals surface area contributed by atoms with Crippen LogP contribution in [0.15, 0.2) is 171 Å². The molecule has 9 aromatic rings. The quantitative estimate of drug-likeness (QED) is 0.160. The van der Waals surface area contributed by atoms with Gasteiger partial charge in [0.05, 0.1) is 28.3 Å². The molecule has 6 aromatic carbocycles. The molecule has 0 amide bonds. The fourth-order valence-electron chi connectivity index (χ4n) is 10.3. The third kappa shape index (κ3) is 4.41. The topological polar surface area (TPSA) is 58.6 Å². The largest absolute Gasteiger partial charge is 0.387 e. The van der Waals surface area contributed by atoms with Gasteiger partial charge in [-0.15, -0.1) is 0 Å². The van der Waals surface area contributed by atoms with E-state index in [4.69, 9.17) is 5.41 Å². The van der Waals surface area contributed by atoms with E-state index in [9.17, 15) is 0 Å². The summed E-state index contributed by atoms with van der Waals surface area (Å²) in [6.45, 7) is 6.36. The molecule has 1 spiro atoms. The number of pyridine rings is 1. The summed E-state index contributed by atoms with van der Waals surface area (Å²) in [5, 5.41) is 14.0. The van der Waals surface area contributed by atoms with Crippen LogP contribution >= 0.6 is 0 Å². The molecule has 3 aromatic heterocycles. The number of nitrogens with one attached hydrogen (secondary N) is 2. The van der Waals surface area contributed by atoms with Gasteiger partial charge in [-0.1, -0.05) is 122 Å². The first kappa shape index (κ1) is 33.8. The molecule has 0 fully saturated rings. The molecular formula is C53H39N5. The minimum absolute atomic E-state index is 0.491. The maximum absolute atomic E-state index is 8.10. The van der Waals surface area contributed by atoms with Crippen molar-refractivity contribution in [1.82, 2.24) is 19.4 Å². The molecule has 58 heavy (non-hydrogen) atoms. The zero-order valence-corrected chi connectivity index (χ0v) is 32.3. The number of aromatic nitrogens is 3. The third-order valence-corrected chi connectivity index (χ3v) is 12.6. The Bertz CT molecular complexity index is 3150. The third-order valence-electron chi connectivity index (χ3n) is 12.6. The Morgan fingerprint density at radius 1 is 0.621 bits per heavy atom. The van der Waals surface area contributed by atoms with Crippen molar-refractivity contribution in [2.45, 2.75) is 12.3 Å². The Morgan fingerprint density at radius 2 is 1.17 bits per heavy atom. The van der Waals surface area contributed by atoms with Gasteiger partial charge in [0.1, 0.15) is 0 Å². The predicted molar refractivity (Wildman–Crippen MR) is 240 cm³/mol. The first-order valence-corrected chi connectivity index (χ1v) is 19.7. The highest BCUT2D eigenvalue weighted by Gasteiger charge is 2.54. The molecule has 2 aliphatic carbocycles. The average molecular weight is 746 g/mol. The molecule has 0 bridgehead atoms. The van der Waals surface area contributed by atoms with Crippen molar-refractivity contribution in [2.24, 2.45) is 0 Å². The number of hydrogen-bond donors (Lipinski definition) is 2. The van der Waals surface area contributed by atoms with Crippen molar-refractivity contribution < 1.29 is 0 Å². The number of rotatable bonds is 7. The number of benzene rings is 6. The van der Waals surface area contributed by atoms with Gasteiger partial charge in [-0.3, -0.25) is 4.98 Å². The minimum atomic E-state index is -0.491. The summed E-state index contributed by atoms with van der Waals surface area (Å²) < 4.78 is 4.56. The van der Waals surface area contributed by atoms with Gasteiger partial charge in [-0.25, -0.2) is 0 Å². The van der Waals surface area contributed by atoms with Crippen LogP contribution < -0.4 is 5.32 Å². The van der Waals surface area contributed by atoms with Crippen molar-refractivity contribution in [1.29, 1.82) is 5.41 Å². The summed E-state index contributed by atoms with van der Waals surface area (Å²) in [6, 6.07) is 55.3. The molecule has 2 aliphatic rings. The summed E-state index contributed by atoms with van der Waals surface area (Å²) in [5.41, 5.74) is 20.5. The molecule has 11 rings (SSSR count). The second kappa shape index (κ2) is 12.8. The molecule has 2 N–H and O–H groups in total. The predicted octanol–water partition coefficient (Wildman–Crippen LogP) is 12.0.